The first-order valence-electron chi connectivity index (χ1n) is 6.59. The van der Waals surface area contributed by atoms with E-state index >= 15 is 0 Å². The van der Waals surface area contributed by atoms with Crippen LogP contribution in [0.5, 0.6) is 0 Å². The Labute approximate surface area is 121 Å². The third kappa shape index (κ3) is 2.04. The predicted molar refractivity (Wildman–Crippen MR) is 79.4 cm³/mol. The van der Waals surface area contributed by atoms with E-state index in [0.717, 1.165) is 16.8 Å². The van der Waals surface area contributed by atoms with Crippen LogP contribution in [0, 0.1) is 0 Å². The molecule has 0 bridgehead atoms. The van der Waals surface area contributed by atoms with Crippen LogP contribution in [0.25, 0.3) is 28.4 Å². The van der Waals surface area contributed by atoms with E-state index in [4.69, 9.17) is 0 Å². The summed E-state index contributed by atoms with van der Waals surface area (Å²) in [6, 6.07) is 15.8. The van der Waals surface area contributed by atoms with E-state index in [1.165, 1.54) is 0 Å². The van der Waals surface area contributed by atoms with Gasteiger partial charge >= 0.3 is 0 Å². The van der Waals surface area contributed by atoms with E-state index < -0.39 is 0 Å². The summed E-state index contributed by atoms with van der Waals surface area (Å²) in [5.74, 6) is 1.20. The lowest BCUT2D eigenvalue weighted by atomic mass is 10.1. The van der Waals surface area contributed by atoms with Gasteiger partial charge in [0.15, 0.2) is 5.82 Å². The molecule has 0 aliphatic carbocycles. The molecule has 0 radical (unpaired) electrons. The van der Waals surface area contributed by atoms with Crippen molar-refractivity contribution in [2.75, 3.05) is 0 Å². The number of hydrogen-bond acceptors (Lipinski definition) is 4. The Bertz CT molecular complexity index is 884. The van der Waals surface area contributed by atoms with E-state index in [-0.39, 0.29) is 0 Å². The molecule has 5 nitrogen and oxygen atoms in total. The molecule has 100 valence electrons. The normalized spacial score (nSPS) is 10.9. The van der Waals surface area contributed by atoms with Gasteiger partial charge in [0, 0.05) is 29.7 Å². The lowest BCUT2D eigenvalue weighted by Gasteiger charge is -2.02. The highest BCUT2D eigenvalue weighted by Gasteiger charge is 2.10. The standard InChI is InChI=1S/C16H11N5/c1-2-5-12(6-3-1)14-8-10-18-16-19-15(20-21(14)16)13-7-4-9-17-11-13/h1-11H. The zero-order chi connectivity index (χ0) is 14.1. The minimum atomic E-state index is 0.579. The first-order chi connectivity index (χ1) is 10.4. The van der Waals surface area contributed by atoms with Crippen LogP contribution < -0.4 is 0 Å². The number of fused-ring (bicyclic) bond motifs is 1. The second-order valence-corrected chi connectivity index (χ2v) is 4.59. The highest BCUT2D eigenvalue weighted by atomic mass is 15.3. The van der Waals surface area contributed by atoms with Gasteiger partial charge in [-0.05, 0) is 18.2 Å². The third-order valence-corrected chi connectivity index (χ3v) is 3.23. The molecule has 0 saturated heterocycles. The highest BCUT2D eigenvalue weighted by molar-refractivity contribution is 5.63. The minimum absolute atomic E-state index is 0.579. The van der Waals surface area contributed by atoms with Crippen LogP contribution in [0.4, 0.5) is 0 Å². The van der Waals surface area contributed by atoms with Gasteiger partial charge in [0.25, 0.3) is 5.78 Å². The molecule has 4 rings (SSSR count). The molecule has 0 spiro atoms. The fourth-order valence-electron chi connectivity index (χ4n) is 2.24. The lowest BCUT2D eigenvalue weighted by molar-refractivity contribution is 0.950. The van der Waals surface area contributed by atoms with Crippen molar-refractivity contribution in [2.24, 2.45) is 0 Å². The molecule has 0 aliphatic heterocycles. The first-order valence-corrected chi connectivity index (χ1v) is 6.59. The van der Waals surface area contributed by atoms with E-state index in [1.54, 1.807) is 23.1 Å². The molecular formula is C16H11N5. The Balaban J connectivity index is 1.93. The summed E-state index contributed by atoms with van der Waals surface area (Å²) < 4.78 is 1.76. The molecule has 1 aromatic carbocycles. The SMILES string of the molecule is c1ccc(-c2ccnc3nc(-c4cccnc4)nn23)cc1. The van der Waals surface area contributed by atoms with Gasteiger partial charge in [-0.25, -0.2) is 4.98 Å². The smallest absolute Gasteiger partial charge is 0.253 e. The molecule has 0 fully saturated rings. The van der Waals surface area contributed by atoms with Crippen LogP contribution in [0.2, 0.25) is 0 Å². The number of nitrogens with zero attached hydrogens (tertiary/aromatic N) is 5. The Hall–Kier alpha value is -3.08. The third-order valence-electron chi connectivity index (χ3n) is 3.23. The van der Waals surface area contributed by atoms with Gasteiger partial charge in [-0.1, -0.05) is 30.3 Å². The molecule has 0 saturated carbocycles. The zero-order valence-corrected chi connectivity index (χ0v) is 11.1. The van der Waals surface area contributed by atoms with Crippen molar-refractivity contribution in [1.29, 1.82) is 0 Å². The van der Waals surface area contributed by atoms with E-state index in [2.05, 4.69) is 20.1 Å². The Morgan fingerprint density at radius 3 is 2.48 bits per heavy atom. The second kappa shape index (κ2) is 4.79. The van der Waals surface area contributed by atoms with Crippen LogP contribution in [0.15, 0.2) is 67.1 Å². The summed E-state index contributed by atoms with van der Waals surface area (Å²) in [4.78, 5) is 12.9. The van der Waals surface area contributed by atoms with Crippen LogP contribution in [0.1, 0.15) is 0 Å². The maximum Gasteiger partial charge on any atom is 0.253 e. The molecular weight excluding hydrogens is 262 g/mol. The second-order valence-electron chi connectivity index (χ2n) is 4.59. The van der Waals surface area contributed by atoms with Crippen molar-refractivity contribution in [3.8, 4) is 22.6 Å². The van der Waals surface area contributed by atoms with E-state index in [9.17, 15) is 0 Å². The average molecular weight is 273 g/mol. The largest absolute Gasteiger partial charge is 0.264 e. The summed E-state index contributed by atoms with van der Waals surface area (Å²) >= 11 is 0. The molecule has 0 aliphatic rings. The molecule has 0 amide bonds. The fourth-order valence-corrected chi connectivity index (χ4v) is 2.24. The lowest BCUT2D eigenvalue weighted by Crippen LogP contribution is -1.95. The Kier molecular flexibility index (Phi) is 2.67. The van der Waals surface area contributed by atoms with Crippen LogP contribution >= 0.6 is 0 Å². The molecule has 21 heavy (non-hydrogen) atoms. The van der Waals surface area contributed by atoms with Crippen molar-refractivity contribution in [2.45, 2.75) is 0 Å². The van der Waals surface area contributed by atoms with Crippen molar-refractivity contribution < 1.29 is 0 Å². The Morgan fingerprint density at radius 2 is 1.67 bits per heavy atom. The molecule has 0 atom stereocenters. The fraction of sp³-hybridized carbons (Fsp3) is 0. The monoisotopic (exact) mass is 273 g/mol. The van der Waals surface area contributed by atoms with Crippen LogP contribution in [0.3, 0.4) is 0 Å². The topological polar surface area (TPSA) is 56.0 Å². The summed E-state index contributed by atoms with van der Waals surface area (Å²) in [5.41, 5.74) is 2.91. The maximum absolute atomic E-state index is 4.56. The zero-order valence-electron chi connectivity index (χ0n) is 11.1. The maximum atomic E-state index is 4.56. The van der Waals surface area contributed by atoms with Gasteiger partial charge in [0.05, 0.1) is 5.69 Å². The number of benzene rings is 1. The first kappa shape index (κ1) is 11.7. The van der Waals surface area contributed by atoms with Crippen molar-refractivity contribution in [1.82, 2.24) is 24.6 Å². The molecule has 4 aromatic rings. The summed E-state index contributed by atoms with van der Waals surface area (Å²) in [7, 11) is 0. The predicted octanol–water partition coefficient (Wildman–Crippen LogP) is 2.85. The van der Waals surface area contributed by atoms with Crippen molar-refractivity contribution in [3.05, 3.63) is 67.1 Å². The Morgan fingerprint density at radius 1 is 0.810 bits per heavy atom. The summed E-state index contributed by atoms with van der Waals surface area (Å²) in [6.45, 7) is 0. The average Bonchev–Trinajstić information content (AvgIpc) is 3.00. The minimum Gasteiger partial charge on any atom is -0.264 e. The van der Waals surface area contributed by atoms with Gasteiger partial charge in [-0.2, -0.15) is 9.50 Å². The molecule has 0 unspecified atom stereocenters. The number of pyridine rings is 1. The van der Waals surface area contributed by atoms with Gasteiger partial charge in [-0.15, -0.1) is 5.10 Å². The number of hydrogen-bond donors (Lipinski definition) is 0. The van der Waals surface area contributed by atoms with E-state index in [0.29, 0.717) is 11.6 Å². The number of aromatic nitrogens is 5. The molecule has 5 heteroatoms. The number of rotatable bonds is 2. The van der Waals surface area contributed by atoms with Gasteiger partial charge in [0.2, 0.25) is 0 Å². The van der Waals surface area contributed by atoms with Crippen molar-refractivity contribution >= 4 is 5.78 Å². The van der Waals surface area contributed by atoms with Gasteiger partial charge < -0.3 is 0 Å². The molecule has 3 heterocycles. The van der Waals surface area contributed by atoms with Crippen molar-refractivity contribution in [3.63, 3.8) is 0 Å². The van der Waals surface area contributed by atoms with Crippen LogP contribution in [-0.2, 0) is 0 Å². The van der Waals surface area contributed by atoms with E-state index in [1.807, 2.05) is 48.5 Å². The summed E-state index contributed by atoms with van der Waals surface area (Å²) in [6.07, 6.45) is 5.23. The quantitative estimate of drug-likeness (QED) is 0.563. The van der Waals surface area contributed by atoms with Crippen LogP contribution in [-0.4, -0.2) is 24.6 Å². The van der Waals surface area contributed by atoms with Gasteiger partial charge in [0.1, 0.15) is 0 Å². The molecule has 0 N–H and O–H groups in total. The highest BCUT2D eigenvalue weighted by Crippen LogP contribution is 2.21. The van der Waals surface area contributed by atoms with Gasteiger partial charge in [-0.3, -0.25) is 4.98 Å². The summed E-state index contributed by atoms with van der Waals surface area (Å²) in [5, 5.41) is 4.56. The molecule has 3 aromatic heterocycles.